The highest BCUT2D eigenvalue weighted by Gasteiger charge is 2.22. The number of halogens is 1. The number of hydrogen-bond donors (Lipinski definition) is 3. The minimum absolute atomic E-state index is 0.0632. The lowest BCUT2D eigenvalue weighted by Crippen LogP contribution is -2.36. The number of rotatable bonds is 6. The predicted molar refractivity (Wildman–Crippen MR) is 122 cm³/mol. The van der Waals surface area contributed by atoms with E-state index in [1.54, 1.807) is 36.4 Å². The molecule has 3 rings (SSSR count). The van der Waals surface area contributed by atoms with Crippen molar-refractivity contribution in [3.63, 3.8) is 0 Å². The zero-order valence-corrected chi connectivity index (χ0v) is 18.8. The van der Waals surface area contributed by atoms with E-state index in [1.165, 1.54) is 19.4 Å². The molecule has 0 aliphatic heterocycles. The Hall–Kier alpha value is -3.00. The highest BCUT2D eigenvalue weighted by atomic mass is 79.9. The van der Waals surface area contributed by atoms with Gasteiger partial charge in [0.15, 0.2) is 0 Å². The van der Waals surface area contributed by atoms with E-state index < -0.39 is 11.7 Å². The Morgan fingerprint density at radius 3 is 2.39 bits per heavy atom. The molecule has 3 amide bonds. The SMILES string of the molecule is CC(=O)Nc1ccc(Br)cc1C(=O)C(=O)Nc1cccc(C(=O)NC2CCCCC2)c1. The molecular formula is C23H24BrN3O4. The number of carbonyl (C=O) groups excluding carboxylic acids is 4. The normalized spacial score (nSPS) is 13.9. The van der Waals surface area contributed by atoms with Gasteiger partial charge in [0.2, 0.25) is 5.91 Å². The number of amides is 3. The number of benzene rings is 2. The van der Waals surface area contributed by atoms with E-state index >= 15 is 0 Å². The summed E-state index contributed by atoms with van der Waals surface area (Å²) in [5, 5.41) is 8.12. The summed E-state index contributed by atoms with van der Waals surface area (Å²) in [7, 11) is 0. The maximum Gasteiger partial charge on any atom is 0.296 e. The lowest BCUT2D eigenvalue weighted by atomic mass is 9.95. The second kappa shape index (κ2) is 10.3. The van der Waals surface area contributed by atoms with E-state index in [9.17, 15) is 19.2 Å². The Morgan fingerprint density at radius 2 is 1.68 bits per heavy atom. The first-order chi connectivity index (χ1) is 14.8. The van der Waals surface area contributed by atoms with Crippen LogP contribution in [0.5, 0.6) is 0 Å². The van der Waals surface area contributed by atoms with Gasteiger partial charge in [0, 0.05) is 28.7 Å². The molecule has 2 aromatic carbocycles. The van der Waals surface area contributed by atoms with Crippen LogP contribution >= 0.6 is 15.9 Å². The van der Waals surface area contributed by atoms with Crippen LogP contribution in [0.2, 0.25) is 0 Å². The molecule has 0 saturated heterocycles. The van der Waals surface area contributed by atoms with Crippen LogP contribution in [0.1, 0.15) is 59.7 Å². The monoisotopic (exact) mass is 485 g/mol. The fourth-order valence-corrected chi connectivity index (χ4v) is 3.93. The molecule has 3 N–H and O–H groups in total. The van der Waals surface area contributed by atoms with E-state index in [0.717, 1.165) is 25.7 Å². The smallest absolute Gasteiger partial charge is 0.296 e. The first kappa shape index (κ1) is 22.7. The number of ketones is 1. The van der Waals surface area contributed by atoms with Gasteiger partial charge in [-0.2, -0.15) is 0 Å². The average Bonchev–Trinajstić information content (AvgIpc) is 2.75. The van der Waals surface area contributed by atoms with Crippen molar-refractivity contribution in [3.05, 3.63) is 58.1 Å². The Labute approximate surface area is 189 Å². The Bertz CT molecular complexity index is 1020. The molecule has 1 fully saturated rings. The summed E-state index contributed by atoms with van der Waals surface area (Å²) in [6.07, 6.45) is 5.36. The van der Waals surface area contributed by atoms with Crippen LogP contribution in [-0.4, -0.2) is 29.5 Å². The van der Waals surface area contributed by atoms with Crippen molar-refractivity contribution in [2.75, 3.05) is 10.6 Å². The van der Waals surface area contributed by atoms with Crippen molar-refractivity contribution >= 4 is 50.8 Å². The van der Waals surface area contributed by atoms with Crippen molar-refractivity contribution in [1.29, 1.82) is 0 Å². The average molecular weight is 486 g/mol. The summed E-state index contributed by atoms with van der Waals surface area (Å²) < 4.78 is 0.596. The number of carbonyl (C=O) groups is 4. The predicted octanol–water partition coefficient (Wildman–Crippen LogP) is 4.29. The molecule has 0 spiro atoms. The molecule has 8 heteroatoms. The number of hydrogen-bond acceptors (Lipinski definition) is 4. The molecule has 0 atom stereocenters. The molecule has 1 aliphatic carbocycles. The molecule has 2 aromatic rings. The van der Waals surface area contributed by atoms with Gasteiger partial charge in [-0.1, -0.05) is 41.3 Å². The quantitative estimate of drug-likeness (QED) is 0.419. The third-order valence-electron chi connectivity index (χ3n) is 5.07. The number of nitrogens with one attached hydrogen (secondary N) is 3. The minimum Gasteiger partial charge on any atom is -0.349 e. The largest absolute Gasteiger partial charge is 0.349 e. The lowest BCUT2D eigenvalue weighted by molar-refractivity contribution is -0.114. The van der Waals surface area contributed by atoms with Crippen LogP contribution in [-0.2, 0) is 9.59 Å². The van der Waals surface area contributed by atoms with E-state index in [2.05, 4.69) is 31.9 Å². The standard InChI is InChI=1S/C23H24BrN3O4/c1-14(28)25-20-11-10-16(24)13-19(20)21(29)23(31)27-18-9-5-6-15(12-18)22(30)26-17-7-3-2-4-8-17/h5-6,9-13,17H,2-4,7-8H2,1H3,(H,25,28)(H,26,30)(H,27,31). The van der Waals surface area contributed by atoms with Crippen molar-refractivity contribution < 1.29 is 19.2 Å². The number of anilines is 2. The van der Waals surface area contributed by atoms with Crippen molar-refractivity contribution in [1.82, 2.24) is 5.32 Å². The van der Waals surface area contributed by atoms with Crippen LogP contribution < -0.4 is 16.0 Å². The molecule has 1 saturated carbocycles. The van der Waals surface area contributed by atoms with Crippen molar-refractivity contribution in [2.45, 2.75) is 45.1 Å². The fourth-order valence-electron chi connectivity index (χ4n) is 3.57. The molecule has 0 unspecified atom stereocenters. The summed E-state index contributed by atoms with van der Waals surface area (Å²) in [6.45, 7) is 1.32. The van der Waals surface area contributed by atoms with E-state index in [0.29, 0.717) is 15.7 Å². The van der Waals surface area contributed by atoms with Gasteiger partial charge < -0.3 is 16.0 Å². The van der Waals surface area contributed by atoms with Gasteiger partial charge in [0.05, 0.1) is 11.3 Å². The third-order valence-corrected chi connectivity index (χ3v) is 5.56. The molecule has 162 valence electrons. The van der Waals surface area contributed by atoms with Gasteiger partial charge in [-0.25, -0.2) is 0 Å². The van der Waals surface area contributed by atoms with Crippen molar-refractivity contribution in [2.24, 2.45) is 0 Å². The zero-order valence-electron chi connectivity index (χ0n) is 17.2. The number of Topliss-reactive ketones (excluding diaryl/α,β-unsaturated/α-hetero) is 1. The third kappa shape index (κ3) is 6.24. The second-order valence-electron chi connectivity index (χ2n) is 7.54. The molecule has 0 radical (unpaired) electrons. The molecule has 0 heterocycles. The highest BCUT2D eigenvalue weighted by Crippen LogP contribution is 2.23. The van der Waals surface area contributed by atoms with E-state index in [-0.39, 0.29) is 29.1 Å². The molecule has 1 aliphatic rings. The molecule has 0 bridgehead atoms. The van der Waals surface area contributed by atoms with Crippen LogP contribution in [0.3, 0.4) is 0 Å². The maximum absolute atomic E-state index is 12.7. The van der Waals surface area contributed by atoms with Gasteiger partial charge in [0.1, 0.15) is 0 Å². The van der Waals surface area contributed by atoms with Gasteiger partial charge in [0.25, 0.3) is 17.6 Å². The Kier molecular flexibility index (Phi) is 7.57. The summed E-state index contributed by atoms with van der Waals surface area (Å²) in [6, 6.07) is 11.3. The summed E-state index contributed by atoms with van der Waals surface area (Å²) in [4.78, 5) is 49.3. The first-order valence-corrected chi connectivity index (χ1v) is 11.0. The topological polar surface area (TPSA) is 104 Å². The van der Waals surface area contributed by atoms with Gasteiger partial charge in [-0.05, 0) is 49.2 Å². The molecular weight excluding hydrogens is 462 g/mol. The summed E-state index contributed by atoms with van der Waals surface area (Å²) >= 11 is 3.27. The van der Waals surface area contributed by atoms with Crippen molar-refractivity contribution in [3.8, 4) is 0 Å². The summed E-state index contributed by atoms with van der Waals surface area (Å²) in [5.41, 5.74) is 1.06. The Morgan fingerprint density at radius 1 is 0.935 bits per heavy atom. The van der Waals surface area contributed by atoms with E-state index in [4.69, 9.17) is 0 Å². The fraction of sp³-hybridized carbons (Fsp3) is 0.304. The zero-order chi connectivity index (χ0) is 22.4. The van der Waals surface area contributed by atoms with Crippen LogP contribution in [0, 0.1) is 0 Å². The van der Waals surface area contributed by atoms with Gasteiger partial charge in [-0.3, -0.25) is 19.2 Å². The van der Waals surface area contributed by atoms with Crippen LogP contribution in [0.25, 0.3) is 0 Å². The van der Waals surface area contributed by atoms with Gasteiger partial charge >= 0.3 is 0 Å². The lowest BCUT2D eigenvalue weighted by Gasteiger charge is -2.22. The molecule has 31 heavy (non-hydrogen) atoms. The van der Waals surface area contributed by atoms with Crippen LogP contribution in [0.15, 0.2) is 46.9 Å². The minimum atomic E-state index is -0.866. The first-order valence-electron chi connectivity index (χ1n) is 10.2. The molecule has 7 nitrogen and oxygen atoms in total. The summed E-state index contributed by atoms with van der Waals surface area (Å²) in [5.74, 6) is -2.22. The highest BCUT2D eigenvalue weighted by molar-refractivity contribution is 9.10. The van der Waals surface area contributed by atoms with Gasteiger partial charge in [-0.15, -0.1) is 0 Å². The molecule has 0 aromatic heterocycles. The van der Waals surface area contributed by atoms with E-state index in [1.807, 2.05) is 0 Å². The maximum atomic E-state index is 12.7. The van der Waals surface area contributed by atoms with Crippen LogP contribution in [0.4, 0.5) is 11.4 Å². The Balaban J connectivity index is 1.71. The second-order valence-corrected chi connectivity index (χ2v) is 8.46.